The molecule has 70 valence electrons. The number of hydrogen-bond acceptors (Lipinski definition) is 4. The first-order chi connectivity index (χ1) is 6.20. The lowest BCUT2D eigenvalue weighted by Crippen LogP contribution is -1.89. The monoisotopic (exact) mass is 198 g/mol. The van der Waals surface area contributed by atoms with E-state index in [4.69, 9.17) is 22.6 Å². The van der Waals surface area contributed by atoms with Gasteiger partial charge in [-0.3, -0.25) is 0 Å². The van der Waals surface area contributed by atoms with Gasteiger partial charge in [0.25, 0.3) is 0 Å². The molecule has 1 aromatic heterocycles. The zero-order chi connectivity index (χ0) is 10.1. The van der Waals surface area contributed by atoms with Crippen molar-refractivity contribution in [1.82, 2.24) is 9.97 Å². The smallest absolute Gasteiger partial charge is 0.224 e. The van der Waals surface area contributed by atoms with Crippen LogP contribution in [0.1, 0.15) is 19.8 Å². The van der Waals surface area contributed by atoms with Crippen LogP contribution in [0.4, 0.5) is 5.82 Å². The van der Waals surface area contributed by atoms with Crippen molar-refractivity contribution in [3.63, 3.8) is 0 Å². The molecule has 0 atom stereocenters. The van der Waals surface area contributed by atoms with E-state index in [0.29, 0.717) is 12.2 Å². The van der Waals surface area contributed by atoms with Crippen LogP contribution < -0.4 is 5.73 Å². The first-order valence-corrected chi connectivity index (χ1v) is 4.19. The summed E-state index contributed by atoms with van der Waals surface area (Å²) in [5.74, 6) is 0.394. The first kappa shape index (κ1) is 11.7. The third-order valence-corrected chi connectivity index (χ3v) is 1.19. The Hall–Kier alpha value is -1.34. The minimum atomic E-state index is 0.185. The molecule has 0 aliphatic heterocycles. The second-order valence-electron chi connectivity index (χ2n) is 2.16. The van der Waals surface area contributed by atoms with Crippen LogP contribution >= 0.6 is 11.6 Å². The van der Waals surface area contributed by atoms with Crippen LogP contribution in [0, 0.1) is 11.3 Å². The van der Waals surface area contributed by atoms with E-state index in [2.05, 4.69) is 9.97 Å². The quantitative estimate of drug-likeness (QED) is 0.701. The van der Waals surface area contributed by atoms with Gasteiger partial charge < -0.3 is 5.73 Å². The predicted molar refractivity (Wildman–Crippen MR) is 52.0 cm³/mol. The molecule has 0 spiro atoms. The minimum absolute atomic E-state index is 0.185. The highest BCUT2D eigenvalue weighted by Crippen LogP contribution is 1.99. The third-order valence-electron chi connectivity index (χ3n) is 1.01. The Kier molecular flexibility index (Phi) is 6.56. The van der Waals surface area contributed by atoms with E-state index in [1.807, 2.05) is 13.0 Å². The van der Waals surface area contributed by atoms with E-state index in [-0.39, 0.29) is 5.28 Å². The molecule has 0 saturated carbocycles. The van der Waals surface area contributed by atoms with Crippen molar-refractivity contribution in [3.05, 3.63) is 17.5 Å². The molecule has 1 rings (SSSR count). The average molecular weight is 199 g/mol. The SMILES string of the molecule is CCCC#N.Nc1ccnc(Cl)n1. The molecule has 4 nitrogen and oxygen atoms in total. The molecule has 1 heterocycles. The number of halogens is 1. The van der Waals surface area contributed by atoms with E-state index < -0.39 is 0 Å². The number of nitrogen functional groups attached to an aromatic ring is 1. The molecule has 0 radical (unpaired) electrons. The Morgan fingerprint density at radius 1 is 1.69 bits per heavy atom. The number of unbranched alkanes of at least 4 members (excludes halogenated alkanes) is 1. The van der Waals surface area contributed by atoms with Crippen molar-refractivity contribution in [2.45, 2.75) is 19.8 Å². The molecule has 2 N–H and O–H groups in total. The summed E-state index contributed by atoms with van der Waals surface area (Å²) in [6, 6.07) is 3.59. The van der Waals surface area contributed by atoms with Crippen molar-refractivity contribution < 1.29 is 0 Å². The van der Waals surface area contributed by atoms with Crippen molar-refractivity contribution in [2.75, 3.05) is 5.73 Å². The first-order valence-electron chi connectivity index (χ1n) is 3.81. The number of nitrogens with zero attached hydrogens (tertiary/aromatic N) is 3. The van der Waals surface area contributed by atoms with Gasteiger partial charge >= 0.3 is 0 Å². The molecule has 0 saturated heterocycles. The maximum Gasteiger partial charge on any atom is 0.224 e. The van der Waals surface area contributed by atoms with Crippen molar-refractivity contribution in [2.24, 2.45) is 0 Å². The number of rotatable bonds is 1. The van der Waals surface area contributed by atoms with E-state index in [0.717, 1.165) is 6.42 Å². The normalized spacial score (nSPS) is 8.08. The van der Waals surface area contributed by atoms with Crippen LogP contribution in [0.2, 0.25) is 5.28 Å². The fourth-order valence-corrected chi connectivity index (χ4v) is 0.614. The summed E-state index contributed by atoms with van der Waals surface area (Å²) >= 11 is 5.34. The number of nitriles is 1. The van der Waals surface area contributed by atoms with Gasteiger partial charge in [0.15, 0.2) is 0 Å². The van der Waals surface area contributed by atoms with Gasteiger partial charge in [0.2, 0.25) is 5.28 Å². The Morgan fingerprint density at radius 2 is 2.38 bits per heavy atom. The lowest BCUT2D eigenvalue weighted by atomic mass is 10.4. The Balaban J connectivity index is 0.000000252. The van der Waals surface area contributed by atoms with Gasteiger partial charge in [-0.25, -0.2) is 9.97 Å². The van der Waals surface area contributed by atoms with Gasteiger partial charge in [0.05, 0.1) is 6.07 Å². The summed E-state index contributed by atoms with van der Waals surface area (Å²) in [5.41, 5.74) is 5.22. The summed E-state index contributed by atoms with van der Waals surface area (Å²) in [4.78, 5) is 7.22. The summed E-state index contributed by atoms with van der Waals surface area (Å²) < 4.78 is 0. The van der Waals surface area contributed by atoms with E-state index in [1.165, 1.54) is 6.20 Å². The predicted octanol–water partition coefficient (Wildman–Crippen LogP) is 2.02. The Bertz CT molecular complexity index is 264. The Labute approximate surface area is 82.4 Å². The van der Waals surface area contributed by atoms with E-state index in [1.54, 1.807) is 6.07 Å². The molecule has 0 aliphatic rings. The topological polar surface area (TPSA) is 75.6 Å². The molecule has 0 amide bonds. The lowest BCUT2D eigenvalue weighted by molar-refractivity contribution is 0.969. The average Bonchev–Trinajstić information content (AvgIpc) is 2.06. The zero-order valence-corrected chi connectivity index (χ0v) is 8.12. The molecule has 0 unspecified atom stereocenters. The standard InChI is InChI=1S/C4H4ClN3.C4H7N/c5-4-7-2-1-3(6)8-4;1-2-3-4-5/h1-2H,(H2,6,7,8);2-3H2,1H3. The molecule has 0 aromatic carbocycles. The molecule has 5 heteroatoms. The second kappa shape index (κ2) is 7.32. The van der Waals surface area contributed by atoms with E-state index in [9.17, 15) is 0 Å². The third kappa shape index (κ3) is 7.04. The molecular weight excluding hydrogens is 188 g/mol. The van der Waals surface area contributed by atoms with Crippen molar-refractivity contribution in [1.29, 1.82) is 5.26 Å². The molecule has 0 fully saturated rings. The number of hydrogen-bond donors (Lipinski definition) is 1. The summed E-state index contributed by atoms with van der Waals surface area (Å²) in [6.07, 6.45) is 3.18. The summed E-state index contributed by atoms with van der Waals surface area (Å²) in [5, 5.41) is 8.00. The van der Waals surface area contributed by atoms with Crippen LogP contribution in [0.15, 0.2) is 12.3 Å². The van der Waals surface area contributed by atoms with Crippen molar-refractivity contribution >= 4 is 17.4 Å². The fourth-order valence-electron chi connectivity index (χ4n) is 0.460. The van der Waals surface area contributed by atoms with Crippen molar-refractivity contribution in [3.8, 4) is 6.07 Å². The number of anilines is 1. The molecule has 1 aromatic rings. The molecule has 0 aliphatic carbocycles. The van der Waals surface area contributed by atoms with Gasteiger partial charge in [-0.2, -0.15) is 5.26 Å². The lowest BCUT2D eigenvalue weighted by Gasteiger charge is -1.87. The van der Waals surface area contributed by atoms with Crippen LogP contribution in [0.3, 0.4) is 0 Å². The largest absolute Gasteiger partial charge is 0.384 e. The van der Waals surface area contributed by atoms with Crippen LogP contribution in [0.5, 0.6) is 0 Å². The van der Waals surface area contributed by atoms with Crippen LogP contribution in [-0.2, 0) is 0 Å². The highest BCUT2D eigenvalue weighted by molar-refractivity contribution is 6.28. The highest BCUT2D eigenvalue weighted by Gasteiger charge is 1.86. The van der Waals surface area contributed by atoms with Crippen LogP contribution in [0.25, 0.3) is 0 Å². The maximum absolute atomic E-state index is 7.82. The molecule has 0 bridgehead atoms. The van der Waals surface area contributed by atoms with E-state index >= 15 is 0 Å². The summed E-state index contributed by atoms with van der Waals surface area (Å²) in [7, 11) is 0. The van der Waals surface area contributed by atoms with Gasteiger partial charge in [-0.1, -0.05) is 6.92 Å². The second-order valence-corrected chi connectivity index (χ2v) is 2.50. The molecule has 13 heavy (non-hydrogen) atoms. The van der Waals surface area contributed by atoms with Gasteiger partial charge in [0, 0.05) is 12.6 Å². The Morgan fingerprint density at radius 3 is 2.62 bits per heavy atom. The minimum Gasteiger partial charge on any atom is -0.384 e. The summed E-state index contributed by atoms with van der Waals surface area (Å²) in [6.45, 7) is 1.99. The number of nitrogens with two attached hydrogens (primary N) is 1. The highest BCUT2D eigenvalue weighted by atomic mass is 35.5. The number of aromatic nitrogens is 2. The van der Waals surface area contributed by atoms with Gasteiger partial charge in [-0.15, -0.1) is 0 Å². The molecular formula is C8H11ClN4. The van der Waals surface area contributed by atoms with Gasteiger partial charge in [0.1, 0.15) is 5.82 Å². The maximum atomic E-state index is 7.82. The van der Waals surface area contributed by atoms with Crippen LogP contribution in [-0.4, -0.2) is 9.97 Å². The van der Waals surface area contributed by atoms with Gasteiger partial charge in [-0.05, 0) is 24.1 Å². The zero-order valence-electron chi connectivity index (χ0n) is 7.37. The fraction of sp³-hybridized carbons (Fsp3) is 0.375.